The second-order valence-electron chi connectivity index (χ2n) is 6.77. The average molecular weight is 469 g/mol. The van der Waals surface area contributed by atoms with Crippen LogP contribution in [-0.2, 0) is 34.6 Å². The summed E-state index contributed by atoms with van der Waals surface area (Å²) in [5, 5.41) is 7.03. The summed E-state index contributed by atoms with van der Waals surface area (Å²) in [6.07, 6.45) is 3.61. The van der Waals surface area contributed by atoms with Crippen molar-refractivity contribution in [2.24, 2.45) is 7.05 Å². The maximum atomic E-state index is 14.3. The topological polar surface area (TPSA) is 117 Å². The van der Waals surface area contributed by atoms with Gasteiger partial charge in [0.15, 0.2) is 23.1 Å². The lowest BCUT2D eigenvalue weighted by molar-refractivity contribution is 0.285. The zero-order valence-electron chi connectivity index (χ0n) is 17.7. The van der Waals surface area contributed by atoms with E-state index in [4.69, 9.17) is 13.7 Å². The second kappa shape index (κ2) is 9.44. The van der Waals surface area contributed by atoms with Gasteiger partial charge in [0.05, 0.1) is 37.0 Å². The number of methoxy groups -OCH3 is 1. The van der Waals surface area contributed by atoms with Crippen LogP contribution in [0.4, 0.5) is 20.5 Å². The zero-order chi connectivity index (χ0) is 23.5. The van der Waals surface area contributed by atoms with Crippen molar-refractivity contribution in [1.82, 2.24) is 19.7 Å². The van der Waals surface area contributed by atoms with E-state index in [1.807, 2.05) is 0 Å². The molecule has 0 spiro atoms. The summed E-state index contributed by atoms with van der Waals surface area (Å²) in [6, 6.07) is 2.85. The molecule has 0 atom stereocenters. The molecule has 2 heterocycles. The van der Waals surface area contributed by atoms with E-state index in [1.165, 1.54) is 37.2 Å². The smallest absolute Gasteiger partial charge is 0.264 e. The van der Waals surface area contributed by atoms with Crippen molar-refractivity contribution in [2.45, 2.75) is 20.1 Å². The number of aryl methyl sites for hydroxylation is 2. The summed E-state index contributed by atoms with van der Waals surface area (Å²) in [4.78, 5) is 8.14. The fourth-order valence-corrected chi connectivity index (χ4v) is 3.01. The Balaban J connectivity index is 1.65. The molecule has 10 nitrogen and oxygen atoms in total. The number of hydrogen-bond donors (Lipinski definition) is 1. The average Bonchev–Trinajstić information content (AvgIpc) is 3.08. The number of benzene rings is 1. The Hall–Kier alpha value is -3.32. The van der Waals surface area contributed by atoms with E-state index in [2.05, 4.69) is 20.4 Å². The van der Waals surface area contributed by atoms with Gasteiger partial charge in [-0.2, -0.15) is 13.5 Å². The molecule has 1 aromatic carbocycles. The Labute approximate surface area is 183 Å². The highest BCUT2D eigenvalue weighted by Gasteiger charge is 2.18. The highest BCUT2D eigenvalue weighted by Crippen LogP contribution is 2.27. The molecule has 0 aliphatic rings. The van der Waals surface area contributed by atoms with Gasteiger partial charge >= 0.3 is 0 Å². The van der Waals surface area contributed by atoms with E-state index < -0.39 is 21.8 Å². The lowest BCUT2D eigenvalue weighted by Gasteiger charge is -2.12. The van der Waals surface area contributed by atoms with Crippen molar-refractivity contribution in [3.05, 3.63) is 53.0 Å². The van der Waals surface area contributed by atoms with Crippen molar-refractivity contribution in [1.29, 1.82) is 0 Å². The highest BCUT2D eigenvalue weighted by atomic mass is 32.2. The Bertz CT molecular complexity index is 1220. The Kier molecular flexibility index (Phi) is 6.89. The first-order valence-electron chi connectivity index (χ1n) is 9.18. The largest absolute Gasteiger partial charge is 0.494 e. The first kappa shape index (κ1) is 23.3. The van der Waals surface area contributed by atoms with Crippen LogP contribution in [0.15, 0.2) is 24.5 Å². The lowest BCUT2D eigenvalue weighted by Crippen LogP contribution is -2.06. The van der Waals surface area contributed by atoms with Gasteiger partial charge in [0.1, 0.15) is 19.0 Å². The van der Waals surface area contributed by atoms with E-state index in [9.17, 15) is 17.2 Å². The molecule has 0 bridgehead atoms. The fourth-order valence-electron chi connectivity index (χ4n) is 2.68. The fraction of sp³-hybridized carbons (Fsp3) is 0.316. The van der Waals surface area contributed by atoms with E-state index in [1.54, 1.807) is 13.1 Å². The Morgan fingerprint density at radius 2 is 1.81 bits per heavy atom. The molecule has 172 valence electrons. The highest BCUT2D eigenvalue weighted by molar-refractivity contribution is 7.85. The van der Waals surface area contributed by atoms with Crippen LogP contribution in [0.2, 0.25) is 0 Å². The Morgan fingerprint density at radius 3 is 2.44 bits per heavy atom. The molecule has 0 aliphatic carbocycles. The molecule has 3 aromatic rings. The van der Waals surface area contributed by atoms with Gasteiger partial charge in [0.2, 0.25) is 5.95 Å². The maximum absolute atomic E-state index is 14.3. The standard InChI is InChI=1S/C19H21F2N5O5S/c1-11-5-15(29-3)18(21)14(17(11)20)10-30-13-7-22-19(23-8-13)24-16-6-12(26(2)25-16)9-31-32(4,27)28/h5-8H,9-10H2,1-4H3,(H,22,23,24,25). The molecule has 13 heteroatoms. The van der Waals surface area contributed by atoms with Gasteiger partial charge in [-0.25, -0.2) is 18.7 Å². The first-order chi connectivity index (χ1) is 15.1. The molecule has 0 aliphatic heterocycles. The summed E-state index contributed by atoms with van der Waals surface area (Å²) in [5.41, 5.74) is 0.478. The summed E-state index contributed by atoms with van der Waals surface area (Å²) < 4.78 is 67.4. The molecule has 0 saturated heterocycles. The third-order valence-electron chi connectivity index (χ3n) is 4.31. The third-order valence-corrected chi connectivity index (χ3v) is 4.85. The maximum Gasteiger partial charge on any atom is 0.264 e. The van der Waals surface area contributed by atoms with Crippen molar-refractivity contribution in [3.63, 3.8) is 0 Å². The van der Waals surface area contributed by atoms with Crippen LogP contribution < -0.4 is 14.8 Å². The summed E-state index contributed by atoms with van der Waals surface area (Å²) in [7, 11) is -0.663. The molecule has 0 unspecified atom stereocenters. The van der Waals surface area contributed by atoms with Gasteiger partial charge in [0, 0.05) is 13.1 Å². The molecule has 0 fully saturated rings. The summed E-state index contributed by atoms with van der Waals surface area (Å²) >= 11 is 0. The molecule has 1 N–H and O–H groups in total. The van der Waals surface area contributed by atoms with Gasteiger partial charge < -0.3 is 14.8 Å². The van der Waals surface area contributed by atoms with E-state index in [0.717, 1.165) is 6.26 Å². The van der Waals surface area contributed by atoms with Gasteiger partial charge in [-0.1, -0.05) is 0 Å². The number of anilines is 2. The monoisotopic (exact) mass is 469 g/mol. The third kappa shape index (κ3) is 5.68. The quantitative estimate of drug-likeness (QED) is 0.472. The molecule has 0 amide bonds. The normalized spacial score (nSPS) is 11.4. The SMILES string of the molecule is COc1cc(C)c(F)c(COc2cnc(Nc3cc(COS(C)(=O)=O)n(C)n3)nc2)c1F. The van der Waals surface area contributed by atoms with E-state index in [0.29, 0.717) is 11.5 Å². The first-order valence-corrected chi connectivity index (χ1v) is 11.0. The lowest BCUT2D eigenvalue weighted by atomic mass is 10.1. The summed E-state index contributed by atoms with van der Waals surface area (Å²) in [5.74, 6) is -0.883. The number of ether oxygens (including phenoxy) is 2. The predicted octanol–water partition coefficient (Wildman–Crippen LogP) is 2.60. The van der Waals surface area contributed by atoms with Crippen LogP contribution in [-0.4, -0.2) is 41.5 Å². The van der Waals surface area contributed by atoms with Crippen LogP contribution in [0, 0.1) is 18.6 Å². The van der Waals surface area contributed by atoms with Crippen LogP contribution in [0.3, 0.4) is 0 Å². The van der Waals surface area contributed by atoms with Crippen molar-refractivity contribution in [3.8, 4) is 11.5 Å². The van der Waals surface area contributed by atoms with Crippen LogP contribution in [0.25, 0.3) is 0 Å². The molecular weight excluding hydrogens is 448 g/mol. The van der Waals surface area contributed by atoms with Crippen LogP contribution >= 0.6 is 0 Å². The number of rotatable bonds is 9. The van der Waals surface area contributed by atoms with Crippen molar-refractivity contribution >= 4 is 21.9 Å². The molecule has 3 rings (SSSR count). The molecule has 0 radical (unpaired) electrons. The molecular formula is C19H21F2N5O5S. The van der Waals surface area contributed by atoms with Gasteiger partial charge in [-0.05, 0) is 18.6 Å². The van der Waals surface area contributed by atoms with Gasteiger partial charge in [-0.15, -0.1) is 0 Å². The van der Waals surface area contributed by atoms with Gasteiger partial charge in [-0.3, -0.25) is 8.86 Å². The number of nitrogens with one attached hydrogen (secondary N) is 1. The number of halogens is 2. The number of aromatic nitrogens is 4. The molecule has 32 heavy (non-hydrogen) atoms. The number of hydrogen-bond acceptors (Lipinski definition) is 9. The predicted molar refractivity (Wildman–Crippen MR) is 110 cm³/mol. The Morgan fingerprint density at radius 1 is 1.12 bits per heavy atom. The molecule has 2 aromatic heterocycles. The van der Waals surface area contributed by atoms with Crippen LogP contribution in [0.1, 0.15) is 16.8 Å². The van der Waals surface area contributed by atoms with Crippen LogP contribution in [0.5, 0.6) is 11.5 Å². The second-order valence-corrected chi connectivity index (χ2v) is 8.41. The zero-order valence-corrected chi connectivity index (χ0v) is 18.5. The van der Waals surface area contributed by atoms with E-state index >= 15 is 0 Å². The van der Waals surface area contributed by atoms with Gasteiger partial charge in [0.25, 0.3) is 10.1 Å². The minimum atomic E-state index is -3.59. The molecule has 0 saturated carbocycles. The van der Waals surface area contributed by atoms with Crippen molar-refractivity contribution < 1.29 is 30.9 Å². The van der Waals surface area contributed by atoms with E-state index in [-0.39, 0.29) is 41.8 Å². The van der Waals surface area contributed by atoms with Crippen molar-refractivity contribution in [2.75, 3.05) is 18.7 Å². The minimum absolute atomic E-state index is 0.0741. The minimum Gasteiger partial charge on any atom is -0.494 e. The number of nitrogens with zero attached hydrogens (tertiary/aromatic N) is 4. The summed E-state index contributed by atoms with van der Waals surface area (Å²) in [6.45, 7) is 0.949.